The summed E-state index contributed by atoms with van der Waals surface area (Å²) in [6.45, 7) is 5.50. The molecule has 1 amide bonds. The lowest BCUT2D eigenvalue weighted by Crippen LogP contribution is -2.31. The molecule has 0 unspecified atom stereocenters. The lowest BCUT2D eigenvalue weighted by molar-refractivity contribution is -0.129. The second-order valence-electron chi connectivity index (χ2n) is 7.07. The van der Waals surface area contributed by atoms with Gasteiger partial charge < -0.3 is 10.6 Å². The number of amides is 1. The number of carbonyl (C=O) groups is 1. The summed E-state index contributed by atoms with van der Waals surface area (Å²) in [5.74, 6) is 0.526. The Morgan fingerprint density at radius 1 is 1.25 bits per heavy atom. The third-order valence-electron chi connectivity index (χ3n) is 4.54. The van der Waals surface area contributed by atoms with Gasteiger partial charge in [-0.05, 0) is 23.9 Å². The molecule has 24 heavy (non-hydrogen) atoms. The Hall–Kier alpha value is -1.40. The van der Waals surface area contributed by atoms with Gasteiger partial charge in [-0.2, -0.15) is 0 Å². The molecule has 1 fully saturated rings. The zero-order valence-electron chi connectivity index (χ0n) is 14.5. The molecule has 1 heterocycles. The number of nitrogens with two attached hydrogens (primary N) is 1. The summed E-state index contributed by atoms with van der Waals surface area (Å²) >= 11 is 0. The number of benzene rings is 1. The predicted octanol–water partition coefficient (Wildman–Crippen LogP) is 1.65. The molecule has 0 aliphatic carbocycles. The Bertz CT molecular complexity index is 643. The summed E-state index contributed by atoms with van der Waals surface area (Å²) in [5.41, 5.74) is 7.08. The van der Waals surface area contributed by atoms with Gasteiger partial charge in [0.15, 0.2) is 9.84 Å². The summed E-state index contributed by atoms with van der Waals surface area (Å²) in [5, 5.41) is 0. The second kappa shape index (κ2) is 8.12. The van der Waals surface area contributed by atoms with Crippen LogP contribution in [0.4, 0.5) is 0 Å². The van der Waals surface area contributed by atoms with Crippen LogP contribution in [0.25, 0.3) is 0 Å². The van der Waals surface area contributed by atoms with Crippen LogP contribution >= 0.6 is 0 Å². The van der Waals surface area contributed by atoms with Crippen molar-refractivity contribution in [3.63, 3.8) is 0 Å². The first kappa shape index (κ1) is 18.9. The second-order valence-corrected chi connectivity index (χ2v) is 9.30. The fourth-order valence-electron chi connectivity index (χ4n) is 3.38. The highest BCUT2D eigenvalue weighted by Crippen LogP contribution is 2.32. The lowest BCUT2D eigenvalue weighted by Gasteiger charge is -2.17. The first-order valence-electron chi connectivity index (χ1n) is 8.55. The largest absolute Gasteiger partial charge is 0.342 e. The minimum absolute atomic E-state index is 0.0633. The van der Waals surface area contributed by atoms with Gasteiger partial charge in [-0.3, -0.25) is 4.79 Å². The zero-order valence-corrected chi connectivity index (χ0v) is 15.3. The van der Waals surface area contributed by atoms with E-state index in [0.717, 1.165) is 0 Å². The van der Waals surface area contributed by atoms with Crippen LogP contribution in [0, 0.1) is 11.8 Å². The maximum Gasteiger partial charge on any atom is 0.223 e. The average molecular weight is 352 g/mol. The van der Waals surface area contributed by atoms with E-state index in [1.165, 1.54) is 5.56 Å². The van der Waals surface area contributed by atoms with Crippen molar-refractivity contribution in [2.24, 2.45) is 17.6 Å². The topological polar surface area (TPSA) is 80.5 Å². The van der Waals surface area contributed by atoms with E-state index in [1.54, 1.807) is 4.90 Å². The van der Waals surface area contributed by atoms with Crippen molar-refractivity contribution in [1.82, 2.24) is 4.90 Å². The van der Waals surface area contributed by atoms with Crippen LogP contribution in [0.15, 0.2) is 30.3 Å². The van der Waals surface area contributed by atoms with Crippen molar-refractivity contribution < 1.29 is 13.2 Å². The van der Waals surface area contributed by atoms with E-state index < -0.39 is 9.84 Å². The highest BCUT2D eigenvalue weighted by Gasteiger charge is 2.35. The van der Waals surface area contributed by atoms with Crippen molar-refractivity contribution in [3.05, 3.63) is 35.9 Å². The van der Waals surface area contributed by atoms with Gasteiger partial charge in [0.2, 0.25) is 5.91 Å². The molecule has 0 aromatic heterocycles. The summed E-state index contributed by atoms with van der Waals surface area (Å²) in [4.78, 5) is 14.2. The average Bonchev–Trinajstić information content (AvgIpc) is 2.97. The number of sulfone groups is 1. The van der Waals surface area contributed by atoms with Gasteiger partial charge in [-0.25, -0.2) is 8.42 Å². The van der Waals surface area contributed by atoms with Crippen LogP contribution in [-0.2, 0) is 14.6 Å². The molecule has 0 bridgehead atoms. The molecular formula is C18H28N2O3S. The molecule has 2 rings (SSSR count). The van der Waals surface area contributed by atoms with Gasteiger partial charge in [-0.1, -0.05) is 44.2 Å². The third-order valence-corrected chi connectivity index (χ3v) is 6.54. The first-order chi connectivity index (χ1) is 11.3. The van der Waals surface area contributed by atoms with Crippen LogP contribution in [0.5, 0.6) is 0 Å². The van der Waals surface area contributed by atoms with E-state index in [2.05, 4.69) is 12.1 Å². The molecule has 1 aliphatic rings. The fraction of sp³-hybridized carbons (Fsp3) is 0.611. The Balaban J connectivity index is 1.97. The zero-order chi connectivity index (χ0) is 17.7. The van der Waals surface area contributed by atoms with Crippen LogP contribution in [0.2, 0.25) is 0 Å². The van der Waals surface area contributed by atoms with E-state index >= 15 is 0 Å². The summed E-state index contributed by atoms with van der Waals surface area (Å²) in [6.07, 6.45) is 0.0633. The highest BCUT2D eigenvalue weighted by atomic mass is 32.2. The van der Waals surface area contributed by atoms with E-state index in [0.29, 0.717) is 19.6 Å². The standard InChI is InChI=1S/C18H28N2O3S/c1-14(2)13-24(22,23)9-8-18(21)20-11-16(10-19)17(12-20)15-6-4-3-5-7-15/h3-7,14,16-17H,8-13,19H2,1-2H3/t16-,17+/m1/s1. The van der Waals surface area contributed by atoms with Crippen molar-refractivity contribution in [3.8, 4) is 0 Å². The minimum Gasteiger partial charge on any atom is -0.342 e. The van der Waals surface area contributed by atoms with Crippen molar-refractivity contribution in [2.75, 3.05) is 31.1 Å². The first-order valence-corrected chi connectivity index (χ1v) is 10.4. The Kier molecular flexibility index (Phi) is 6.40. The van der Waals surface area contributed by atoms with Gasteiger partial charge in [0, 0.05) is 25.4 Å². The summed E-state index contributed by atoms with van der Waals surface area (Å²) in [7, 11) is -3.16. The maximum absolute atomic E-state index is 12.4. The quantitative estimate of drug-likeness (QED) is 0.809. The third kappa shape index (κ3) is 5.05. The molecule has 2 N–H and O–H groups in total. The monoisotopic (exact) mass is 352 g/mol. The maximum atomic E-state index is 12.4. The summed E-state index contributed by atoms with van der Waals surface area (Å²) in [6, 6.07) is 10.1. The fourth-order valence-corrected chi connectivity index (χ4v) is 5.05. The Labute approximate surface area is 145 Å². The van der Waals surface area contributed by atoms with Gasteiger partial charge in [0.05, 0.1) is 11.5 Å². The van der Waals surface area contributed by atoms with Crippen LogP contribution < -0.4 is 5.73 Å². The number of hydrogen-bond donors (Lipinski definition) is 1. The lowest BCUT2D eigenvalue weighted by atomic mass is 9.89. The SMILES string of the molecule is CC(C)CS(=O)(=O)CCC(=O)N1C[C@@H](CN)[C@H](c2ccccc2)C1. The summed E-state index contributed by atoms with van der Waals surface area (Å²) < 4.78 is 24.0. The number of likely N-dealkylation sites (tertiary alicyclic amines) is 1. The molecule has 2 atom stereocenters. The minimum atomic E-state index is -3.16. The van der Waals surface area contributed by atoms with E-state index in [-0.39, 0.29) is 41.6 Å². The van der Waals surface area contributed by atoms with E-state index in [4.69, 9.17) is 5.73 Å². The Morgan fingerprint density at radius 2 is 1.92 bits per heavy atom. The smallest absolute Gasteiger partial charge is 0.223 e. The molecule has 1 aromatic rings. The number of hydrogen-bond acceptors (Lipinski definition) is 4. The Morgan fingerprint density at radius 3 is 2.50 bits per heavy atom. The van der Waals surface area contributed by atoms with E-state index in [9.17, 15) is 13.2 Å². The molecule has 6 heteroatoms. The van der Waals surface area contributed by atoms with Crippen LogP contribution in [0.1, 0.15) is 31.7 Å². The number of carbonyl (C=O) groups excluding carboxylic acids is 1. The van der Waals surface area contributed by atoms with Gasteiger partial charge >= 0.3 is 0 Å². The molecule has 1 saturated heterocycles. The molecule has 0 spiro atoms. The van der Waals surface area contributed by atoms with Crippen molar-refractivity contribution in [2.45, 2.75) is 26.2 Å². The number of nitrogens with zero attached hydrogens (tertiary/aromatic N) is 1. The van der Waals surface area contributed by atoms with Crippen molar-refractivity contribution >= 4 is 15.7 Å². The highest BCUT2D eigenvalue weighted by molar-refractivity contribution is 7.91. The van der Waals surface area contributed by atoms with Gasteiger partial charge in [0.1, 0.15) is 0 Å². The van der Waals surface area contributed by atoms with Gasteiger partial charge in [0.25, 0.3) is 0 Å². The normalized spacial score (nSPS) is 21.4. The van der Waals surface area contributed by atoms with Crippen LogP contribution in [-0.4, -0.2) is 50.4 Å². The molecule has 5 nitrogen and oxygen atoms in total. The van der Waals surface area contributed by atoms with Crippen molar-refractivity contribution in [1.29, 1.82) is 0 Å². The van der Waals surface area contributed by atoms with Gasteiger partial charge in [-0.15, -0.1) is 0 Å². The molecule has 134 valence electrons. The molecule has 0 saturated carbocycles. The molecule has 1 aliphatic heterocycles. The molecular weight excluding hydrogens is 324 g/mol. The molecule has 1 aromatic carbocycles. The molecule has 0 radical (unpaired) electrons. The van der Waals surface area contributed by atoms with E-state index in [1.807, 2.05) is 32.0 Å². The number of rotatable bonds is 7. The van der Waals surface area contributed by atoms with Crippen LogP contribution in [0.3, 0.4) is 0 Å². The predicted molar refractivity (Wildman–Crippen MR) is 96.4 cm³/mol.